The van der Waals surface area contributed by atoms with Crippen LogP contribution < -0.4 is 9.62 Å². The Morgan fingerprint density at radius 2 is 2.09 bits per heavy atom. The van der Waals surface area contributed by atoms with E-state index in [4.69, 9.17) is 0 Å². The van der Waals surface area contributed by atoms with Crippen molar-refractivity contribution < 1.29 is 8.42 Å². The van der Waals surface area contributed by atoms with Crippen molar-refractivity contribution in [1.29, 1.82) is 0 Å². The molecule has 0 unspecified atom stereocenters. The molecule has 8 nitrogen and oxygen atoms in total. The quantitative estimate of drug-likeness (QED) is 0.829. The third-order valence-corrected chi connectivity index (χ3v) is 5.30. The van der Waals surface area contributed by atoms with Crippen LogP contribution in [0.2, 0.25) is 0 Å². The molecule has 2 aromatic rings. The first kappa shape index (κ1) is 15.9. The maximum atomic E-state index is 11.6. The molecule has 0 saturated carbocycles. The summed E-state index contributed by atoms with van der Waals surface area (Å²) in [4.78, 5) is 10.7. The van der Waals surface area contributed by atoms with Gasteiger partial charge in [0.15, 0.2) is 0 Å². The summed E-state index contributed by atoms with van der Waals surface area (Å²) in [6, 6.07) is 3.84. The second-order valence-electron chi connectivity index (χ2n) is 5.44. The van der Waals surface area contributed by atoms with Crippen LogP contribution in [-0.2, 0) is 16.6 Å². The largest absolute Gasteiger partial charge is 0.333 e. The molecular weight excluding hydrogens is 316 g/mol. The van der Waals surface area contributed by atoms with E-state index in [9.17, 15) is 8.42 Å². The molecule has 0 bridgehead atoms. The van der Waals surface area contributed by atoms with Crippen LogP contribution in [0.1, 0.15) is 25.1 Å². The molecule has 0 aromatic carbocycles. The molecule has 0 aliphatic carbocycles. The van der Waals surface area contributed by atoms with Crippen LogP contribution in [0.25, 0.3) is 0 Å². The van der Waals surface area contributed by atoms with Gasteiger partial charge >= 0.3 is 0 Å². The van der Waals surface area contributed by atoms with Crippen molar-refractivity contribution in [2.45, 2.75) is 25.9 Å². The number of nitrogens with zero attached hydrogens (tertiary/aromatic N) is 5. The zero-order chi connectivity index (χ0) is 16.3. The van der Waals surface area contributed by atoms with Gasteiger partial charge in [0.2, 0.25) is 16.0 Å². The second kappa shape index (κ2) is 6.63. The number of hydrogen-bond acceptors (Lipinski definition) is 6. The van der Waals surface area contributed by atoms with E-state index in [-0.39, 0.29) is 11.8 Å². The van der Waals surface area contributed by atoms with Crippen LogP contribution in [0.3, 0.4) is 0 Å². The first-order valence-electron chi connectivity index (χ1n) is 7.61. The number of nitrogens with one attached hydrogen (secondary N) is 1. The lowest BCUT2D eigenvalue weighted by Gasteiger charge is -2.33. The number of sulfonamides is 1. The Balaban J connectivity index is 1.72. The molecule has 1 aliphatic heterocycles. The van der Waals surface area contributed by atoms with E-state index in [1.807, 2.05) is 10.7 Å². The van der Waals surface area contributed by atoms with Crippen LogP contribution in [0.15, 0.2) is 30.7 Å². The first-order valence-corrected chi connectivity index (χ1v) is 9.26. The standard InChI is InChI=1S/C14H20N6O2S/c1-2-23(21,22)18-9-5-13-11-19(14-15-6-3-7-16-14)10-12-4-8-17-20(12)13/h3-4,6-8,13,18H,2,5,9-11H2,1H3/t13-/m0/s1. The van der Waals surface area contributed by atoms with Crippen molar-refractivity contribution >= 4 is 16.0 Å². The third-order valence-electron chi connectivity index (χ3n) is 3.90. The molecule has 124 valence electrons. The monoisotopic (exact) mass is 336 g/mol. The van der Waals surface area contributed by atoms with Crippen molar-refractivity contribution in [3.05, 3.63) is 36.4 Å². The van der Waals surface area contributed by atoms with E-state index in [1.165, 1.54) is 0 Å². The summed E-state index contributed by atoms with van der Waals surface area (Å²) < 4.78 is 27.7. The average Bonchev–Trinajstić information content (AvgIpc) is 3.04. The maximum Gasteiger partial charge on any atom is 0.225 e. The normalized spacial score (nSPS) is 18.0. The fraction of sp³-hybridized carbons (Fsp3) is 0.500. The zero-order valence-corrected chi connectivity index (χ0v) is 13.8. The Morgan fingerprint density at radius 1 is 1.30 bits per heavy atom. The summed E-state index contributed by atoms with van der Waals surface area (Å²) in [6.45, 7) is 3.42. The predicted molar refractivity (Wildman–Crippen MR) is 86.4 cm³/mol. The number of rotatable bonds is 6. The van der Waals surface area contributed by atoms with Gasteiger partial charge in [0.05, 0.1) is 24.0 Å². The highest BCUT2D eigenvalue weighted by molar-refractivity contribution is 7.89. The van der Waals surface area contributed by atoms with Gasteiger partial charge in [-0.3, -0.25) is 4.68 Å². The van der Waals surface area contributed by atoms with Gasteiger partial charge in [-0.2, -0.15) is 5.10 Å². The van der Waals surface area contributed by atoms with Crippen molar-refractivity contribution in [3.63, 3.8) is 0 Å². The average molecular weight is 336 g/mol. The van der Waals surface area contributed by atoms with Gasteiger partial charge < -0.3 is 4.90 Å². The summed E-state index contributed by atoms with van der Waals surface area (Å²) in [5, 5.41) is 4.37. The van der Waals surface area contributed by atoms with E-state index in [0.29, 0.717) is 32.0 Å². The lowest BCUT2D eigenvalue weighted by molar-refractivity contribution is 0.374. The molecule has 0 radical (unpaired) electrons. The lowest BCUT2D eigenvalue weighted by atomic mass is 10.1. The molecule has 1 atom stereocenters. The molecule has 0 amide bonds. The first-order chi connectivity index (χ1) is 11.1. The van der Waals surface area contributed by atoms with Gasteiger partial charge in [0, 0.05) is 31.7 Å². The van der Waals surface area contributed by atoms with Crippen LogP contribution in [0.4, 0.5) is 5.95 Å². The molecule has 0 fully saturated rings. The molecule has 1 N–H and O–H groups in total. The van der Waals surface area contributed by atoms with E-state index in [0.717, 1.165) is 5.69 Å². The minimum atomic E-state index is -3.17. The zero-order valence-electron chi connectivity index (χ0n) is 13.0. The highest BCUT2D eigenvalue weighted by Gasteiger charge is 2.26. The molecule has 3 heterocycles. The summed E-state index contributed by atoms with van der Waals surface area (Å²) in [7, 11) is -3.17. The summed E-state index contributed by atoms with van der Waals surface area (Å²) in [5.74, 6) is 0.772. The Morgan fingerprint density at radius 3 is 2.83 bits per heavy atom. The lowest BCUT2D eigenvalue weighted by Crippen LogP contribution is -2.40. The Labute approximate surface area is 135 Å². The van der Waals surface area contributed by atoms with Crippen molar-refractivity contribution in [2.75, 3.05) is 23.7 Å². The van der Waals surface area contributed by atoms with Crippen LogP contribution in [-0.4, -0.2) is 47.0 Å². The Kier molecular flexibility index (Phi) is 4.58. The maximum absolute atomic E-state index is 11.6. The second-order valence-corrected chi connectivity index (χ2v) is 7.53. The van der Waals surface area contributed by atoms with E-state index in [2.05, 4.69) is 24.7 Å². The molecule has 9 heteroatoms. The van der Waals surface area contributed by atoms with E-state index < -0.39 is 10.0 Å². The van der Waals surface area contributed by atoms with Crippen molar-refractivity contribution in [3.8, 4) is 0 Å². The minimum Gasteiger partial charge on any atom is -0.333 e. The van der Waals surface area contributed by atoms with Gasteiger partial charge in [0.25, 0.3) is 0 Å². The Bertz CT molecular complexity index is 746. The molecule has 0 spiro atoms. The summed E-state index contributed by atoms with van der Waals surface area (Å²) in [5.41, 5.74) is 1.08. The van der Waals surface area contributed by atoms with Gasteiger partial charge in [-0.15, -0.1) is 0 Å². The van der Waals surface area contributed by atoms with Crippen molar-refractivity contribution in [2.24, 2.45) is 0 Å². The highest BCUT2D eigenvalue weighted by atomic mass is 32.2. The van der Waals surface area contributed by atoms with E-state index >= 15 is 0 Å². The predicted octanol–water partition coefficient (Wildman–Crippen LogP) is 0.564. The van der Waals surface area contributed by atoms with Crippen LogP contribution >= 0.6 is 0 Å². The summed E-state index contributed by atoms with van der Waals surface area (Å²) >= 11 is 0. The molecule has 1 aliphatic rings. The Hall–Kier alpha value is -2.00. The topological polar surface area (TPSA) is 93.0 Å². The number of fused-ring (bicyclic) bond motifs is 1. The van der Waals surface area contributed by atoms with Crippen molar-refractivity contribution in [1.82, 2.24) is 24.5 Å². The van der Waals surface area contributed by atoms with Gasteiger partial charge in [-0.05, 0) is 25.5 Å². The number of hydrogen-bond donors (Lipinski definition) is 1. The van der Waals surface area contributed by atoms with Gasteiger partial charge in [0.1, 0.15) is 0 Å². The van der Waals surface area contributed by atoms with Gasteiger partial charge in [-0.1, -0.05) is 0 Å². The van der Waals surface area contributed by atoms with E-state index in [1.54, 1.807) is 31.6 Å². The fourth-order valence-electron chi connectivity index (χ4n) is 2.69. The fourth-order valence-corrected chi connectivity index (χ4v) is 3.32. The minimum absolute atomic E-state index is 0.0807. The molecule has 23 heavy (non-hydrogen) atoms. The summed E-state index contributed by atoms with van der Waals surface area (Å²) in [6.07, 6.45) is 5.88. The number of aromatic nitrogens is 4. The number of anilines is 1. The smallest absolute Gasteiger partial charge is 0.225 e. The van der Waals surface area contributed by atoms with Crippen LogP contribution in [0.5, 0.6) is 0 Å². The molecule has 0 saturated heterocycles. The van der Waals surface area contributed by atoms with Gasteiger partial charge in [-0.25, -0.2) is 23.1 Å². The molecular formula is C14H20N6O2S. The van der Waals surface area contributed by atoms with Crippen LogP contribution in [0, 0.1) is 0 Å². The highest BCUT2D eigenvalue weighted by Crippen LogP contribution is 2.25. The molecule has 3 rings (SSSR count). The molecule has 2 aromatic heterocycles. The SMILES string of the molecule is CCS(=O)(=O)NCC[C@H]1CN(c2ncccn2)Cc2ccnn21. The third kappa shape index (κ3) is 3.67.